The van der Waals surface area contributed by atoms with Crippen molar-refractivity contribution in [3.8, 4) is 0 Å². The number of H-pyrrole nitrogens is 1. The van der Waals surface area contributed by atoms with Crippen LogP contribution in [0.25, 0.3) is 0 Å². The minimum absolute atomic E-state index is 0.126. The van der Waals surface area contributed by atoms with Gasteiger partial charge in [0.2, 0.25) is 0 Å². The molecular formula is C12H15N3O3S. The van der Waals surface area contributed by atoms with Crippen LogP contribution in [0.3, 0.4) is 0 Å². The van der Waals surface area contributed by atoms with Crippen LogP contribution in [0.4, 0.5) is 0 Å². The van der Waals surface area contributed by atoms with E-state index in [0.29, 0.717) is 11.4 Å². The fraction of sp³-hybridized carbons (Fsp3) is 0.250. The SMILES string of the molecule is Cc1n[nH]c(C)c1S(=O)(=O)NOCc1ccccc1. The van der Waals surface area contributed by atoms with Gasteiger partial charge in [-0.25, -0.2) is 8.42 Å². The van der Waals surface area contributed by atoms with Crippen LogP contribution in [0.5, 0.6) is 0 Å². The van der Waals surface area contributed by atoms with Gasteiger partial charge in [-0.3, -0.25) is 9.94 Å². The Kier molecular flexibility index (Phi) is 3.98. The van der Waals surface area contributed by atoms with Gasteiger partial charge >= 0.3 is 0 Å². The molecule has 0 unspecified atom stereocenters. The molecular weight excluding hydrogens is 266 g/mol. The molecule has 0 aliphatic carbocycles. The molecule has 1 aromatic carbocycles. The number of nitrogens with zero attached hydrogens (tertiary/aromatic N) is 1. The summed E-state index contributed by atoms with van der Waals surface area (Å²) in [6.07, 6.45) is 0. The molecule has 0 bridgehead atoms. The van der Waals surface area contributed by atoms with Gasteiger partial charge in [-0.15, -0.1) is 0 Å². The van der Waals surface area contributed by atoms with Gasteiger partial charge in [-0.2, -0.15) is 5.10 Å². The van der Waals surface area contributed by atoms with Crippen molar-refractivity contribution < 1.29 is 13.3 Å². The van der Waals surface area contributed by atoms with Crippen LogP contribution in [-0.4, -0.2) is 18.6 Å². The molecule has 0 atom stereocenters. The molecule has 0 fully saturated rings. The van der Waals surface area contributed by atoms with E-state index < -0.39 is 10.0 Å². The molecule has 0 spiro atoms. The van der Waals surface area contributed by atoms with Gasteiger partial charge in [0.05, 0.1) is 18.0 Å². The molecule has 0 saturated carbocycles. The summed E-state index contributed by atoms with van der Waals surface area (Å²) in [4.78, 5) is 7.27. The molecule has 0 amide bonds. The first-order valence-corrected chi connectivity index (χ1v) is 7.18. The van der Waals surface area contributed by atoms with E-state index in [-0.39, 0.29) is 11.5 Å². The van der Waals surface area contributed by atoms with Crippen LogP contribution in [0.2, 0.25) is 0 Å². The minimum Gasteiger partial charge on any atom is -0.282 e. The molecule has 7 heteroatoms. The van der Waals surface area contributed by atoms with Gasteiger partial charge in [-0.05, 0) is 19.4 Å². The molecule has 19 heavy (non-hydrogen) atoms. The quantitative estimate of drug-likeness (QED) is 0.812. The van der Waals surface area contributed by atoms with Gasteiger partial charge in [-0.1, -0.05) is 35.2 Å². The van der Waals surface area contributed by atoms with E-state index in [4.69, 9.17) is 4.84 Å². The summed E-state index contributed by atoms with van der Waals surface area (Å²) in [6.45, 7) is 3.43. The Bertz CT molecular complexity index is 631. The first kappa shape index (κ1) is 13.7. The van der Waals surface area contributed by atoms with Crippen molar-refractivity contribution in [2.24, 2.45) is 0 Å². The second-order valence-electron chi connectivity index (χ2n) is 4.12. The molecule has 102 valence electrons. The summed E-state index contributed by atoms with van der Waals surface area (Å²) in [6, 6.07) is 9.30. The number of aromatic nitrogens is 2. The molecule has 1 aromatic heterocycles. The van der Waals surface area contributed by atoms with E-state index >= 15 is 0 Å². The number of benzene rings is 1. The molecule has 2 N–H and O–H groups in total. The second-order valence-corrected chi connectivity index (χ2v) is 5.71. The Morgan fingerprint density at radius 3 is 2.53 bits per heavy atom. The number of nitrogens with one attached hydrogen (secondary N) is 2. The summed E-state index contributed by atoms with van der Waals surface area (Å²) >= 11 is 0. The fourth-order valence-corrected chi connectivity index (χ4v) is 2.92. The van der Waals surface area contributed by atoms with Crippen LogP contribution in [0, 0.1) is 13.8 Å². The maximum atomic E-state index is 12.0. The summed E-state index contributed by atoms with van der Waals surface area (Å²) in [5.74, 6) is 0. The van der Waals surface area contributed by atoms with E-state index in [1.54, 1.807) is 13.8 Å². The number of aryl methyl sites for hydroxylation is 2. The first-order valence-electron chi connectivity index (χ1n) is 5.70. The lowest BCUT2D eigenvalue weighted by Gasteiger charge is -2.07. The van der Waals surface area contributed by atoms with Crippen molar-refractivity contribution in [3.05, 3.63) is 47.3 Å². The molecule has 1 heterocycles. The molecule has 2 rings (SSSR count). The summed E-state index contributed by atoms with van der Waals surface area (Å²) in [5.41, 5.74) is 1.77. The van der Waals surface area contributed by atoms with Crippen molar-refractivity contribution in [2.75, 3.05) is 0 Å². The van der Waals surface area contributed by atoms with Gasteiger partial charge in [0.1, 0.15) is 4.90 Å². The third kappa shape index (κ3) is 3.19. The topological polar surface area (TPSA) is 84.1 Å². The molecule has 2 aromatic rings. The molecule has 6 nitrogen and oxygen atoms in total. The number of sulfonamides is 1. The summed E-state index contributed by atoms with van der Waals surface area (Å²) in [5, 5.41) is 6.48. The van der Waals surface area contributed by atoms with Crippen LogP contribution in [-0.2, 0) is 21.5 Å². The van der Waals surface area contributed by atoms with E-state index in [1.807, 2.05) is 30.3 Å². The van der Waals surface area contributed by atoms with Crippen molar-refractivity contribution >= 4 is 10.0 Å². The Balaban J connectivity index is 2.03. The van der Waals surface area contributed by atoms with Crippen molar-refractivity contribution in [2.45, 2.75) is 25.3 Å². The number of hydrogen-bond acceptors (Lipinski definition) is 4. The molecule has 0 saturated heterocycles. The summed E-state index contributed by atoms with van der Waals surface area (Å²) < 4.78 is 24.1. The van der Waals surface area contributed by atoms with E-state index in [2.05, 4.69) is 15.1 Å². The Morgan fingerprint density at radius 1 is 1.26 bits per heavy atom. The predicted molar refractivity (Wildman–Crippen MR) is 69.6 cm³/mol. The van der Waals surface area contributed by atoms with Gasteiger partial charge in [0, 0.05) is 0 Å². The third-order valence-electron chi connectivity index (χ3n) is 2.58. The lowest BCUT2D eigenvalue weighted by atomic mass is 10.2. The number of rotatable bonds is 5. The monoisotopic (exact) mass is 281 g/mol. The average molecular weight is 281 g/mol. The van der Waals surface area contributed by atoms with Crippen LogP contribution in [0.1, 0.15) is 17.0 Å². The summed E-state index contributed by atoms with van der Waals surface area (Å²) in [7, 11) is -3.71. The molecule has 0 radical (unpaired) electrons. The van der Waals surface area contributed by atoms with Gasteiger partial charge < -0.3 is 0 Å². The first-order chi connectivity index (χ1) is 9.00. The highest BCUT2D eigenvalue weighted by molar-refractivity contribution is 7.89. The average Bonchev–Trinajstić information content (AvgIpc) is 2.70. The Morgan fingerprint density at radius 2 is 1.95 bits per heavy atom. The van der Waals surface area contributed by atoms with E-state index in [9.17, 15) is 8.42 Å². The van der Waals surface area contributed by atoms with Gasteiger partial charge in [0.15, 0.2) is 0 Å². The lowest BCUT2D eigenvalue weighted by Crippen LogP contribution is -2.24. The highest BCUT2D eigenvalue weighted by Crippen LogP contribution is 2.16. The standard InChI is InChI=1S/C12H15N3O3S/c1-9-12(10(2)14-13-9)19(16,17)15-18-8-11-6-4-3-5-7-11/h3-7,15H,8H2,1-2H3,(H,13,14). The number of aromatic amines is 1. The van der Waals surface area contributed by atoms with Crippen molar-refractivity contribution in [3.63, 3.8) is 0 Å². The largest absolute Gasteiger partial charge is 0.282 e. The van der Waals surface area contributed by atoms with Crippen LogP contribution < -0.4 is 4.89 Å². The van der Waals surface area contributed by atoms with Crippen LogP contribution >= 0.6 is 0 Å². The second kappa shape index (κ2) is 5.52. The van der Waals surface area contributed by atoms with Crippen LogP contribution in [0.15, 0.2) is 35.2 Å². The Hall–Kier alpha value is -1.70. The zero-order valence-electron chi connectivity index (χ0n) is 10.7. The van der Waals surface area contributed by atoms with E-state index in [0.717, 1.165) is 5.56 Å². The highest BCUT2D eigenvalue weighted by atomic mass is 32.2. The highest BCUT2D eigenvalue weighted by Gasteiger charge is 2.22. The fourth-order valence-electron chi connectivity index (χ4n) is 1.74. The molecule has 0 aliphatic rings. The zero-order chi connectivity index (χ0) is 13.9. The van der Waals surface area contributed by atoms with E-state index in [1.165, 1.54) is 0 Å². The maximum absolute atomic E-state index is 12.0. The smallest absolute Gasteiger partial charge is 0.266 e. The maximum Gasteiger partial charge on any atom is 0.266 e. The van der Waals surface area contributed by atoms with Crippen molar-refractivity contribution in [1.29, 1.82) is 0 Å². The lowest BCUT2D eigenvalue weighted by molar-refractivity contribution is 0.0795. The van der Waals surface area contributed by atoms with Gasteiger partial charge in [0.25, 0.3) is 10.0 Å². The zero-order valence-corrected chi connectivity index (χ0v) is 11.5. The number of hydrogen-bond donors (Lipinski definition) is 2. The third-order valence-corrected chi connectivity index (χ3v) is 4.06. The minimum atomic E-state index is -3.71. The van der Waals surface area contributed by atoms with Crippen molar-refractivity contribution in [1.82, 2.24) is 15.1 Å². The molecule has 0 aliphatic heterocycles. The Labute approximate surface area is 111 Å². The predicted octanol–water partition coefficient (Wildman–Crippen LogP) is 1.44. The normalized spacial score (nSPS) is 11.7.